The van der Waals surface area contributed by atoms with Crippen molar-refractivity contribution in [3.05, 3.63) is 17.8 Å². The zero-order valence-corrected chi connectivity index (χ0v) is 13.6. The van der Waals surface area contributed by atoms with Crippen LogP contribution in [0.4, 0.5) is 0 Å². The van der Waals surface area contributed by atoms with Crippen molar-refractivity contribution < 1.29 is 28.3 Å². The van der Waals surface area contributed by atoms with Gasteiger partial charge in [-0.1, -0.05) is 11.6 Å². The molecule has 2 aromatic heterocycles. The van der Waals surface area contributed by atoms with E-state index in [0.29, 0.717) is 11.2 Å². The van der Waals surface area contributed by atoms with Gasteiger partial charge in [-0.3, -0.25) is 13.6 Å². The van der Waals surface area contributed by atoms with Crippen LogP contribution in [0.3, 0.4) is 0 Å². The first kappa shape index (κ1) is 16.7. The molecular weight excluding hydrogens is 351 g/mol. The average molecular weight is 365 g/mol. The van der Waals surface area contributed by atoms with Crippen molar-refractivity contribution in [3.63, 3.8) is 0 Å². The van der Waals surface area contributed by atoms with Crippen LogP contribution in [0.2, 0.25) is 5.15 Å². The monoisotopic (exact) mass is 364 g/mol. The van der Waals surface area contributed by atoms with Crippen molar-refractivity contribution in [1.29, 1.82) is 0 Å². The molecule has 1 fully saturated rings. The summed E-state index contributed by atoms with van der Waals surface area (Å²) in [6, 6.07) is 0. The first-order valence-corrected chi connectivity index (χ1v) is 8.48. The van der Waals surface area contributed by atoms with Crippen LogP contribution in [-0.2, 0) is 18.3 Å². The summed E-state index contributed by atoms with van der Waals surface area (Å²) >= 11 is 5.94. The topological polar surface area (TPSA) is 129 Å². The number of phosphoric ester groups is 1. The van der Waals surface area contributed by atoms with E-state index in [1.54, 1.807) is 4.57 Å². The number of fused-ring (bicyclic) bond motifs is 1. The fraction of sp³-hybridized carbons (Fsp3) is 0.545. The van der Waals surface area contributed by atoms with Crippen LogP contribution in [0.25, 0.3) is 11.2 Å². The number of nitrogens with zero attached hydrogens (tertiary/aromatic N) is 4. The molecule has 0 radical (unpaired) electrons. The van der Waals surface area contributed by atoms with Crippen molar-refractivity contribution in [3.8, 4) is 0 Å². The van der Waals surface area contributed by atoms with E-state index >= 15 is 0 Å². The number of aliphatic hydroxyl groups is 1. The molecule has 10 nitrogen and oxygen atoms in total. The van der Waals surface area contributed by atoms with Gasteiger partial charge in [-0.15, -0.1) is 0 Å². The largest absolute Gasteiger partial charge is 0.472 e. The Bertz CT molecular complexity index is 757. The lowest BCUT2D eigenvalue weighted by atomic mass is 10.2. The minimum absolute atomic E-state index is 0.216. The molecule has 0 saturated carbocycles. The molecule has 2 aromatic rings. The second-order valence-electron chi connectivity index (χ2n) is 4.87. The van der Waals surface area contributed by atoms with Crippen molar-refractivity contribution in [1.82, 2.24) is 19.5 Å². The number of hydrogen-bond acceptors (Lipinski definition) is 8. The van der Waals surface area contributed by atoms with E-state index in [1.807, 2.05) is 0 Å². The molecule has 0 aliphatic carbocycles. The van der Waals surface area contributed by atoms with E-state index in [2.05, 4.69) is 19.5 Å². The number of rotatable bonds is 5. The molecule has 2 N–H and O–H groups in total. The van der Waals surface area contributed by atoms with Gasteiger partial charge in [0.1, 0.15) is 24.2 Å². The lowest BCUT2D eigenvalue weighted by molar-refractivity contribution is -0.0431. The maximum Gasteiger partial charge on any atom is 0.472 e. The Hall–Kier alpha value is -1.13. The van der Waals surface area contributed by atoms with E-state index in [4.69, 9.17) is 20.9 Å². The summed E-state index contributed by atoms with van der Waals surface area (Å²) in [4.78, 5) is 21.3. The lowest BCUT2D eigenvalue weighted by Gasteiger charge is -2.17. The molecule has 12 heteroatoms. The van der Waals surface area contributed by atoms with Crippen molar-refractivity contribution >= 4 is 30.6 Å². The second-order valence-corrected chi connectivity index (χ2v) is 6.79. The molecule has 1 aliphatic rings. The van der Waals surface area contributed by atoms with Gasteiger partial charge in [0.05, 0.1) is 19.0 Å². The fourth-order valence-corrected chi connectivity index (χ4v) is 2.91. The minimum atomic E-state index is -4.13. The summed E-state index contributed by atoms with van der Waals surface area (Å²) in [5.41, 5.74) is 0.889. The number of phosphoric acid groups is 1. The van der Waals surface area contributed by atoms with Crippen LogP contribution in [0.5, 0.6) is 0 Å². The Morgan fingerprint density at radius 3 is 3.04 bits per heavy atom. The van der Waals surface area contributed by atoms with Crippen molar-refractivity contribution in [2.75, 3.05) is 13.7 Å². The minimum Gasteiger partial charge on any atom is -0.390 e. The third kappa shape index (κ3) is 3.38. The molecule has 126 valence electrons. The van der Waals surface area contributed by atoms with Gasteiger partial charge in [0.2, 0.25) is 0 Å². The van der Waals surface area contributed by atoms with Crippen LogP contribution in [0.1, 0.15) is 12.6 Å². The molecular formula is C11H14ClN4O6P. The number of aromatic nitrogens is 4. The number of aliphatic hydroxyl groups excluding tert-OH is 1. The van der Waals surface area contributed by atoms with Gasteiger partial charge in [0.25, 0.3) is 0 Å². The Labute approximate surface area is 135 Å². The van der Waals surface area contributed by atoms with Crippen LogP contribution < -0.4 is 0 Å². The predicted octanol–water partition coefficient (Wildman–Crippen LogP) is 0.891. The molecule has 3 heterocycles. The quantitative estimate of drug-likeness (QED) is 0.586. The smallest absolute Gasteiger partial charge is 0.390 e. The average Bonchev–Trinajstić information content (AvgIpc) is 3.10. The highest BCUT2D eigenvalue weighted by atomic mass is 35.5. The van der Waals surface area contributed by atoms with E-state index in [9.17, 15) is 14.6 Å². The summed E-state index contributed by atoms with van der Waals surface area (Å²) in [6.45, 7) is -0.290. The standard InChI is InChI=1S/C11H14ClN4O6P/c1-20-23(18,19)21-3-7-6(17)2-8(22-7)16-5-15-9-10(12)13-4-14-11(9)16/h4-8,17H,2-3H2,1H3,(H,18,19). The maximum absolute atomic E-state index is 11.3. The number of hydrogen-bond donors (Lipinski definition) is 2. The molecule has 1 saturated heterocycles. The summed E-state index contributed by atoms with van der Waals surface area (Å²) in [7, 11) is -3.07. The SMILES string of the molecule is COP(=O)(O)OCC1OC(n2cnc3c(Cl)ncnc32)CC1O. The van der Waals surface area contributed by atoms with Crippen molar-refractivity contribution in [2.24, 2.45) is 0 Å². The van der Waals surface area contributed by atoms with E-state index < -0.39 is 26.3 Å². The van der Waals surface area contributed by atoms with Gasteiger partial charge >= 0.3 is 7.82 Å². The van der Waals surface area contributed by atoms with E-state index in [0.717, 1.165) is 7.11 Å². The zero-order valence-electron chi connectivity index (χ0n) is 11.9. The Morgan fingerprint density at radius 2 is 2.30 bits per heavy atom. The predicted molar refractivity (Wildman–Crippen MR) is 77.7 cm³/mol. The van der Waals surface area contributed by atoms with Gasteiger partial charge in [-0.2, -0.15) is 0 Å². The zero-order chi connectivity index (χ0) is 16.6. The molecule has 0 spiro atoms. The van der Waals surface area contributed by atoms with Crippen LogP contribution in [-0.4, -0.2) is 55.4 Å². The first-order valence-electron chi connectivity index (χ1n) is 6.61. The van der Waals surface area contributed by atoms with Gasteiger partial charge < -0.3 is 14.7 Å². The highest BCUT2D eigenvalue weighted by Gasteiger charge is 2.37. The van der Waals surface area contributed by atoms with Crippen molar-refractivity contribution in [2.45, 2.75) is 24.9 Å². The molecule has 4 atom stereocenters. The molecule has 23 heavy (non-hydrogen) atoms. The van der Waals surface area contributed by atoms with Gasteiger partial charge in [-0.05, 0) is 0 Å². The molecule has 0 amide bonds. The molecule has 1 aliphatic heterocycles. The Balaban J connectivity index is 1.75. The second kappa shape index (κ2) is 6.40. The third-order valence-corrected chi connectivity index (χ3v) is 4.67. The number of ether oxygens (including phenoxy) is 1. The van der Waals surface area contributed by atoms with Gasteiger partial charge in [0.15, 0.2) is 10.8 Å². The van der Waals surface area contributed by atoms with E-state index in [1.165, 1.54) is 12.7 Å². The maximum atomic E-state index is 11.3. The molecule has 0 bridgehead atoms. The third-order valence-electron chi connectivity index (χ3n) is 3.46. The Morgan fingerprint density at radius 1 is 1.52 bits per heavy atom. The molecule has 0 aromatic carbocycles. The lowest BCUT2D eigenvalue weighted by Crippen LogP contribution is -2.26. The normalized spacial score (nSPS) is 27.4. The highest BCUT2D eigenvalue weighted by Crippen LogP contribution is 2.43. The summed E-state index contributed by atoms with van der Waals surface area (Å²) in [6.07, 6.45) is 0.796. The van der Waals surface area contributed by atoms with Crippen LogP contribution >= 0.6 is 19.4 Å². The summed E-state index contributed by atoms with van der Waals surface area (Å²) in [5, 5.41) is 10.3. The molecule has 3 rings (SSSR count). The fourth-order valence-electron chi connectivity index (χ4n) is 2.29. The van der Waals surface area contributed by atoms with Gasteiger partial charge in [-0.25, -0.2) is 19.5 Å². The number of halogens is 1. The van der Waals surface area contributed by atoms with Gasteiger partial charge in [0, 0.05) is 13.5 Å². The first-order chi connectivity index (χ1) is 10.9. The Kier molecular flexibility index (Phi) is 4.65. The summed E-state index contributed by atoms with van der Waals surface area (Å²) in [5.74, 6) is 0. The number of imidazole rings is 1. The van der Waals surface area contributed by atoms with E-state index in [-0.39, 0.29) is 18.2 Å². The molecule has 4 unspecified atom stereocenters. The summed E-state index contributed by atoms with van der Waals surface area (Å²) < 4.78 is 27.6. The van der Waals surface area contributed by atoms with Crippen LogP contribution in [0, 0.1) is 0 Å². The van der Waals surface area contributed by atoms with Crippen LogP contribution in [0.15, 0.2) is 12.7 Å². The highest BCUT2D eigenvalue weighted by molar-refractivity contribution is 7.47.